The average Bonchev–Trinajstić information content (AvgIpc) is 2.83. The van der Waals surface area contributed by atoms with Crippen molar-refractivity contribution in [3.63, 3.8) is 0 Å². The average molecular weight is 235 g/mol. The Morgan fingerprint density at radius 2 is 2.06 bits per heavy atom. The Labute approximate surface area is 100.0 Å². The van der Waals surface area contributed by atoms with Gasteiger partial charge in [0.05, 0.1) is 12.3 Å². The van der Waals surface area contributed by atoms with Gasteiger partial charge in [-0.05, 0) is 18.4 Å². The number of rotatable bonds is 2. The first-order valence-electron chi connectivity index (χ1n) is 5.53. The first-order chi connectivity index (χ1) is 7.89. The lowest BCUT2D eigenvalue weighted by molar-refractivity contribution is 0.303. The van der Waals surface area contributed by atoms with Crippen LogP contribution < -0.4 is 5.73 Å². The molecule has 2 rings (SSSR count). The van der Waals surface area contributed by atoms with E-state index in [0.717, 1.165) is 5.56 Å². The van der Waals surface area contributed by atoms with E-state index in [0.29, 0.717) is 17.5 Å². The second kappa shape index (κ2) is 4.00. The van der Waals surface area contributed by atoms with Gasteiger partial charge in [-0.1, -0.05) is 25.9 Å². The standard InChI is InChI=1S/C12H17N3O2/c1-7-5-6-16-8(7)11-14-10(15-17-11)9(13)12(2,3)4/h5-6,9H,13H2,1-4H3. The van der Waals surface area contributed by atoms with Crippen molar-refractivity contribution < 1.29 is 8.94 Å². The van der Waals surface area contributed by atoms with E-state index in [1.165, 1.54) is 0 Å². The van der Waals surface area contributed by atoms with Crippen molar-refractivity contribution >= 4 is 0 Å². The highest BCUT2D eigenvalue weighted by Crippen LogP contribution is 2.30. The Hall–Kier alpha value is -1.62. The molecule has 0 bridgehead atoms. The molecule has 0 aliphatic rings. The van der Waals surface area contributed by atoms with Crippen LogP contribution in [0.15, 0.2) is 21.3 Å². The lowest BCUT2D eigenvalue weighted by atomic mass is 9.87. The number of hydrogen-bond donors (Lipinski definition) is 1. The van der Waals surface area contributed by atoms with Crippen LogP contribution in [0.4, 0.5) is 0 Å². The number of nitrogens with zero attached hydrogens (tertiary/aromatic N) is 2. The van der Waals surface area contributed by atoms with Gasteiger partial charge in [0.15, 0.2) is 11.6 Å². The van der Waals surface area contributed by atoms with Crippen molar-refractivity contribution in [1.29, 1.82) is 0 Å². The molecule has 2 N–H and O–H groups in total. The molecule has 0 aliphatic heterocycles. The molecule has 0 radical (unpaired) electrons. The summed E-state index contributed by atoms with van der Waals surface area (Å²) in [5, 5.41) is 3.91. The summed E-state index contributed by atoms with van der Waals surface area (Å²) in [6.07, 6.45) is 1.60. The van der Waals surface area contributed by atoms with Crippen LogP contribution in [-0.2, 0) is 0 Å². The molecule has 0 spiro atoms. The fourth-order valence-corrected chi connectivity index (χ4v) is 1.43. The maximum Gasteiger partial charge on any atom is 0.293 e. The fourth-order valence-electron chi connectivity index (χ4n) is 1.43. The topological polar surface area (TPSA) is 78.1 Å². The molecular weight excluding hydrogens is 218 g/mol. The lowest BCUT2D eigenvalue weighted by Crippen LogP contribution is -2.27. The Morgan fingerprint density at radius 1 is 1.35 bits per heavy atom. The summed E-state index contributed by atoms with van der Waals surface area (Å²) in [6.45, 7) is 8.02. The monoisotopic (exact) mass is 235 g/mol. The van der Waals surface area contributed by atoms with Crippen LogP contribution in [0.3, 0.4) is 0 Å². The highest BCUT2D eigenvalue weighted by atomic mass is 16.5. The molecule has 1 unspecified atom stereocenters. The van der Waals surface area contributed by atoms with E-state index in [1.54, 1.807) is 6.26 Å². The molecule has 0 aliphatic carbocycles. The van der Waals surface area contributed by atoms with E-state index in [9.17, 15) is 0 Å². The van der Waals surface area contributed by atoms with Gasteiger partial charge in [0.1, 0.15) is 0 Å². The molecule has 0 aromatic carbocycles. The van der Waals surface area contributed by atoms with E-state index in [4.69, 9.17) is 14.7 Å². The van der Waals surface area contributed by atoms with Crippen LogP contribution in [0.5, 0.6) is 0 Å². The molecular formula is C12H17N3O2. The van der Waals surface area contributed by atoms with E-state index < -0.39 is 0 Å². The number of aromatic nitrogens is 2. The second-order valence-corrected chi connectivity index (χ2v) is 5.23. The summed E-state index contributed by atoms with van der Waals surface area (Å²) in [5.41, 5.74) is 6.91. The molecule has 2 aromatic heterocycles. The molecule has 17 heavy (non-hydrogen) atoms. The molecule has 0 amide bonds. The minimum absolute atomic E-state index is 0.112. The van der Waals surface area contributed by atoms with Gasteiger partial charge in [0.25, 0.3) is 5.89 Å². The molecule has 92 valence electrons. The van der Waals surface area contributed by atoms with Crippen LogP contribution in [0.2, 0.25) is 0 Å². The van der Waals surface area contributed by atoms with Crippen LogP contribution >= 0.6 is 0 Å². The van der Waals surface area contributed by atoms with E-state index in [1.807, 2.05) is 33.8 Å². The summed E-state index contributed by atoms with van der Waals surface area (Å²) < 4.78 is 10.5. The predicted molar refractivity (Wildman–Crippen MR) is 63.1 cm³/mol. The first kappa shape index (κ1) is 11.9. The van der Waals surface area contributed by atoms with Gasteiger partial charge in [-0.15, -0.1) is 0 Å². The first-order valence-corrected chi connectivity index (χ1v) is 5.53. The van der Waals surface area contributed by atoms with E-state index >= 15 is 0 Å². The van der Waals surface area contributed by atoms with Gasteiger partial charge in [-0.25, -0.2) is 0 Å². The number of hydrogen-bond acceptors (Lipinski definition) is 5. The normalized spacial score (nSPS) is 13.9. The molecule has 0 saturated carbocycles. The Kier molecular flexibility index (Phi) is 2.79. The smallest absolute Gasteiger partial charge is 0.293 e. The van der Waals surface area contributed by atoms with Crippen molar-refractivity contribution in [2.45, 2.75) is 33.7 Å². The van der Waals surface area contributed by atoms with E-state index in [2.05, 4.69) is 10.1 Å². The zero-order valence-electron chi connectivity index (χ0n) is 10.5. The maximum absolute atomic E-state index is 6.06. The predicted octanol–water partition coefficient (Wildman–Crippen LogP) is 2.68. The summed E-state index contributed by atoms with van der Waals surface area (Å²) in [4.78, 5) is 4.28. The van der Waals surface area contributed by atoms with Crippen LogP contribution in [0, 0.1) is 12.3 Å². The molecule has 2 aromatic rings. The summed E-state index contributed by atoms with van der Waals surface area (Å²) in [7, 11) is 0. The SMILES string of the molecule is Cc1ccoc1-c1nc(C(N)C(C)(C)C)no1. The minimum Gasteiger partial charge on any atom is -0.459 e. The maximum atomic E-state index is 6.06. The minimum atomic E-state index is -0.268. The van der Waals surface area contributed by atoms with Crippen LogP contribution in [0.25, 0.3) is 11.7 Å². The third-order valence-corrected chi connectivity index (χ3v) is 2.71. The lowest BCUT2D eigenvalue weighted by Gasteiger charge is -2.23. The largest absolute Gasteiger partial charge is 0.459 e. The van der Waals surface area contributed by atoms with Crippen molar-refractivity contribution in [3.8, 4) is 11.7 Å². The van der Waals surface area contributed by atoms with Crippen LogP contribution in [-0.4, -0.2) is 10.1 Å². The summed E-state index contributed by atoms with van der Waals surface area (Å²) >= 11 is 0. The van der Waals surface area contributed by atoms with Crippen molar-refractivity contribution in [1.82, 2.24) is 10.1 Å². The molecule has 0 fully saturated rings. The third-order valence-electron chi connectivity index (χ3n) is 2.71. The highest BCUT2D eigenvalue weighted by molar-refractivity contribution is 5.49. The molecule has 5 heteroatoms. The Balaban J connectivity index is 2.31. The molecule has 0 saturated heterocycles. The molecule has 5 nitrogen and oxygen atoms in total. The number of nitrogens with two attached hydrogens (primary N) is 1. The molecule has 2 heterocycles. The quantitative estimate of drug-likeness (QED) is 0.865. The second-order valence-electron chi connectivity index (χ2n) is 5.23. The third kappa shape index (κ3) is 2.24. The van der Waals surface area contributed by atoms with Crippen LogP contribution in [0.1, 0.15) is 38.2 Å². The number of furan rings is 1. The van der Waals surface area contributed by atoms with Gasteiger partial charge in [-0.3, -0.25) is 0 Å². The van der Waals surface area contributed by atoms with Crippen molar-refractivity contribution in [2.75, 3.05) is 0 Å². The Morgan fingerprint density at radius 3 is 2.59 bits per heavy atom. The van der Waals surface area contributed by atoms with Gasteiger partial charge >= 0.3 is 0 Å². The number of aryl methyl sites for hydroxylation is 1. The fraction of sp³-hybridized carbons (Fsp3) is 0.500. The molecule has 1 atom stereocenters. The Bertz CT molecular complexity index is 508. The van der Waals surface area contributed by atoms with Crippen molar-refractivity contribution in [3.05, 3.63) is 23.7 Å². The van der Waals surface area contributed by atoms with Gasteiger partial charge in [-0.2, -0.15) is 4.98 Å². The van der Waals surface area contributed by atoms with Gasteiger partial charge in [0, 0.05) is 5.56 Å². The van der Waals surface area contributed by atoms with Gasteiger partial charge in [0.2, 0.25) is 0 Å². The van der Waals surface area contributed by atoms with Gasteiger partial charge < -0.3 is 14.7 Å². The highest BCUT2D eigenvalue weighted by Gasteiger charge is 2.27. The summed E-state index contributed by atoms with van der Waals surface area (Å²) in [6, 6.07) is 1.58. The van der Waals surface area contributed by atoms with Crippen molar-refractivity contribution in [2.24, 2.45) is 11.1 Å². The van der Waals surface area contributed by atoms with E-state index in [-0.39, 0.29) is 11.5 Å². The zero-order chi connectivity index (χ0) is 12.6. The zero-order valence-corrected chi connectivity index (χ0v) is 10.5. The summed E-state index contributed by atoms with van der Waals surface area (Å²) in [5.74, 6) is 1.48.